The minimum Gasteiger partial charge on any atom is -0.279 e. The van der Waals surface area contributed by atoms with Crippen molar-refractivity contribution in [3.63, 3.8) is 0 Å². The molecule has 16 heavy (non-hydrogen) atoms. The summed E-state index contributed by atoms with van der Waals surface area (Å²) in [4.78, 5) is 0. The second-order valence-corrected chi connectivity index (χ2v) is 4.14. The normalized spacial score (nSPS) is 11.5. The number of nitrogens with zero attached hydrogens (tertiary/aromatic N) is 1. The molecule has 1 aromatic rings. The van der Waals surface area contributed by atoms with Gasteiger partial charge in [0.05, 0.1) is 5.69 Å². The lowest BCUT2D eigenvalue weighted by Gasteiger charge is -2.03. The Morgan fingerprint density at radius 2 is 1.88 bits per heavy atom. The molecular formula is C14H22N2. The number of rotatable bonds is 7. The molecule has 0 aliphatic rings. The minimum absolute atomic E-state index is 1.05. The Bertz CT molecular complexity index is 304. The highest BCUT2D eigenvalue weighted by Gasteiger charge is 1.93. The third-order valence-corrected chi connectivity index (χ3v) is 2.54. The average Bonchev–Trinajstić information content (AvgIpc) is 2.33. The quantitative estimate of drug-likeness (QED) is 0.408. The van der Waals surface area contributed by atoms with Gasteiger partial charge in [0.1, 0.15) is 0 Å². The van der Waals surface area contributed by atoms with Crippen molar-refractivity contribution in [1.29, 1.82) is 0 Å². The zero-order chi connectivity index (χ0) is 11.6. The molecular weight excluding hydrogens is 196 g/mol. The van der Waals surface area contributed by atoms with Crippen molar-refractivity contribution in [1.82, 2.24) is 0 Å². The molecule has 88 valence electrons. The summed E-state index contributed by atoms with van der Waals surface area (Å²) >= 11 is 0. The second-order valence-electron chi connectivity index (χ2n) is 4.14. The minimum atomic E-state index is 1.05. The molecule has 1 N–H and O–H groups in total. The fourth-order valence-electron chi connectivity index (χ4n) is 1.54. The highest BCUT2D eigenvalue weighted by Crippen LogP contribution is 2.06. The zero-order valence-electron chi connectivity index (χ0n) is 10.4. The summed E-state index contributed by atoms with van der Waals surface area (Å²) in [7, 11) is 0. The Hall–Kier alpha value is -1.31. The van der Waals surface area contributed by atoms with Gasteiger partial charge in [0.15, 0.2) is 0 Å². The largest absolute Gasteiger partial charge is 0.279 e. The molecule has 0 aliphatic carbocycles. The number of para-hydroxylation sites is 1. The van der Waals surface area contributed by atoms with Gasteiger partial charge in [0.25, 0.3) is 0 Å². The van der Waals surface area contributed by atoms with Gasteiger partial charge in [0, 0.05) is 5.71 Å². The predicted molar refractivity (Wildman–Crippen MR) is 71.9 cm³/mol. The van der Waals surface area contributed by atoms with Crippen molar-refractivity contribution in [3.05, 3.63) is 30.3 Å². The first kappa shape index (κ1) is 12.8. The molecule has 0 unspecified atom stereocenters. The van der Waals surface area contributed by atoms with Crippen molar-refractivity contribution in [2.24, 2.45) is 5.10 Å². The van der Waals surface area contributed by atoms with E-state index in [-0.39, 0.29) is 0 Å². The molecule has 0 radical (unpaired) electrons. The lowest BCUT2D eigenvalue weighted by atomic mass is 10.1. The molecule has 0 spiro atoms. The van der Waals surface area contributed by atoms with Gasteiger partial charge in [0.2, 0.25) is 0 Å². The first-order valence-corrected chi connectivity index (χ1v) is 6.17. The van der Waals surface area contributed by atoms with E-state index >= 15 is 0 Å². The van der Waals surface area contributed by atoms with Crippen molar-refractivity contribution >= 4 is 11.4 Å². The van der Waals surface area contributed by atoms with Gasteiger partial charge >= 0.3 is 0 Å². The number of nitrogens with one attached hydrogen (secondary N) is 1. The van der Waals surface area contributed by atoms with Crippen LogP contribution in [0.15, 0.2) is 35.4 Å². The lowest BCUT2D eigenvalue weighted by Crippen LogP contribution is -1.97. The van der Waals surface area contributed by atoms with E-state index in [1.807, 2.05) is 30.3 Å². The second kappa shape index (κ2) is 7.91. The van der Waals surface area contributed by atoms with Crippen LogP contribution >= 0.6 is 0 Å². The van der Waals surface area contributed by atoms with E-state index in [4.69, 9.17) is 0 Å². The average molecular weight is 218 g/mol. The molecule has 0 aromatic heterocycles. The fourth-order valence-corrected chi connectivity index (χ4v) is 1.54. The van der Waals surface area contributed by atoms with E-state index in [1.54, 1.807) is 0 Å². The van der Waals surface area contributed by atoms with Crippen LogP contribution in [0.1, 0.15) is 46.0 Å². The van der Waals surface area contributed by atoms with Gasteiger partial charge < -0.3 is 0 Å². The number of hydrogen-bond donors (Lipinski definition) is 1. The smallest absolute Gasteiger partial charge is 0.0561 e. The summed E-state index contributed by atoms with van der Waals surface area (Å²) < 4.78 is 0. The highest BCUT2D eigenvalue weighted by molar-refractivity contribution is 5.82. The van der Waals surface area contributed by atoms with Crippen LogP contribution in [-0.2, 0) is 0 Å². The summed E-state index contributed by atoms with van der Waals surface area (Å²) in [5, 5.41) is 4.36. The third-order valence-electron chi connectivity index (χ3n) is 2.54. The number of hydrogen-bond acceptors (Lipinski definition) is 2. The summed E-state index contributed by atoms with van der Waals surface area (Å²) in [6, 6.07) is 10.1. The van der Waals surface area contributed by atoms with Crippen LogP contribution in [0.25, 0.3) is 0 Å². The van der Waals surface area contributed by atoms with Crippen LogP contribution < -0.4 is 5.43 Å². The first-order chi connectivity index (χ1) is 7.83. The van der Waals surface area contributed by atoms with Crippen LogP contribution in [0.5, 0.6) is 0 Å². The SMILES string of the molecule is CCCCCC/C(C)=N\Nc1ccccc1. The van der Waals surface area contributed by atoms with E-state index in [0.29, 0.717) is 0 Å². The van der Waals surface area contributed by atoms with Crippen molar-refractivity contribution in [2.45, 2.75) is 46.0 Å². The zero-order valence-corrected chi connectivity index (χ0v) is 10.4. The number of unbranched alkanes of at least 4 members (excludes halogenated alkanes) is 3. The van der Waals surface area contributed by atoms with Crippen LogP contribution in [0.3, 0.4) is 0 Å². The molecule has 0 bridgehead atoms. The molecule has 2 heteroatoms. The van der Waals surface area contributed by atoms with E-state index < -0.39 is 0 Å². The molecule has 2 nitrogen and oxygen atoms in total. The number of hydrazone groups is 1. The van der Waals surface area contributed by atoms with Crippen molar-refractivity contribution in [3.8, 4) is 0 Å². The standard InChI is InChI=1S/C14H22N2/c1-3-4-5-7-10-13(2)15-16-14-11-8-6-9-12-14/h6,8-9,11-12,16H,3-5,7,10H2,1-2H3/b15-13-. The fraction of sp³-hybridized carbons (Fsp3) is 0.500. The molecule has 0 atom stereocenters. The van der Waals surface area contributed by atoms with Gasteiger partial charge in [-0.3, -0.25) is 5.43 Å². The van der Waals surface area contributed by atoms with Gasteiger partial charge in [-0.05, 0) is 31.9 Å². The first-order valence-electron chi connectivity index (χ1n) is 6.17. The van der Waals surface area contributed by atoms with E-state index in [2.05, 4.69) is 24.4 Å². The summed E-state index contributed by atoms with van der Waals surface area (Å²) in [6.07, 6.45) is 6.28. The van der Waals surface area contributed by atoms with Crippen LogP contribution in [0.2, 0.25) is 0 Å². The Labute approximate surface area is 98.8 Å². The van der Waals surface area contributed by atoms with E-state index in [0.717, 1.165) is 12.1 Å². The van der Waals surface area contributed by atoms with Gasteiger partial charge in [-0.15, -0.1) is 0 Å². The highest BCUT2D eigenvalue weighted by atomic mass is 15.3. The van der Waals surface area contributed by atoms with Gasteiger partial charge in [-0.2, -0.15) is 5.10 Å². The van der Waals surface area contributed by atoms with Crippen LogP contribution in [0.4, 0.5) is 5.69 Å². The number of anilines is 1. The monoisotopic (exact) mass is 218 g/mol. The maximum Gasteiger partial charge on any atom is 0.0561 e. The van der Waals surface area contributed by atoms with Crippen LogP contribution in [0, 0.1) is 0 Å². The lowest BCUT2D eigenvalue weighted by molar-refractivity contribution is 0.682. The van der Waals surface area contributed by atoms with Gasteiger partial charge in [-0.25, -0.2) is 0 Å². The topological polar surface area (TPSA) is 24.4 Å². The van der Waals surface area contributed by atoms with E-state index in [1.165, 1.54) is 31.4 Å². The third kappa shape index (κ3) is 5.54. The van der Waals surface area contributed by atoms with Crippen molar-refractivity contribution in [2.75, 3.05) is 5.43 Å². The van der Waals surface area contributed by atoms with Crippen LogP contribution in [-0.4, -0.2) is 5.71 Å². The molecule has 1 rings (SSSR count). The molecule has 0 saturated heterocycles. The van der Waals surface area contributed by atoms with Gasteiger partial charge in [-0.1, -0.05) is 44.4 Å². The summed E-state index contributed by atoms with van der Waals surface area (Å²) in [5.74, 6) is 0. The summed E-state index contributed by atoms with van der Waals surface area (Å²) in [5.41, 5.74) is 5.31. The maximum absolute atomic E-state index is 4.36. The molecule has 0 heterocycles. The molecule has 0 saturated carbocycles. The van der Waals surface area contributed by atoms with E-state index in [9.17, 15) is 0 Å². The molecule has 1 aromatic carbocycles. The Kier molecular flexibility index (Phi) is 6.31. The maximum atomic E-state index is 4.36. The molecule has 0 fully saturated rings. The Balaban J connectivity index is 2.23. The Morgan fingerprint density at radius 1 is 1.12 bits per heavy atom. The molecule has 0 aliphatic heterocycles. The molecule has 0 amide bonds. The number of benzene rings is 1. The predicted octanol–water partition coefficient (Wildman–Crippen LogP) is 4.44. The van der Waals surface area contributed by atoms with Crippen molar-refractivity contribution < 1.29 is 0 Å². The summed E-state index contributed by atoms with van der Waals surface area (Å²) in [6.45, 7) is 4.32. The Morgan fingerprint density at radius 3 is 2.56 bits per heavy atom.